The van der Waals surface area contributed by atoms with Crippen LogP contribution in [0.15, 0.2) is 21.5 Å². The predicted molar refractivity (Wildman–Crippen MR) is 88.6 cm³/mol. The molecule has 4 nitrogen and oxygen atoms in total. The highest BCUT2D eigenvalue weighted by atomic mass is 79.9. The van der Waals surface area contributed by atoms with Crippen LogP contribution < -0.4 is 5.73 Å². The van der Waals surface area contributed by atoms with Crippen molar-refractivity contribution in [2.75, 3.05) is 6.54 Å². The number of sulfonamides is 1. The van der Waals surface area contributed by atoms with Gasteiger partial charge in [-0.2, -0.15) is 4.31 Å². The highest BCUT2D eigenvalue weighted by molar-refractivity contribution is 9.10. The largest absolute Gasteiger partial charge is 0.326 e. The van der Waals surface area contributed by atoms with Gasteiger partial charge in [-0.05, 0) is 49.9 Å². The van der Waals surface area contributed by atoms with Gasteiger partial charge in [-0.15, -0.1) is 0 Å². The Hall–Kier alpha value is -0.430. The Morgan fingerprint density at radius 3 is 2.71 bits per heavy atom. The van der Waals surface area contributed by atoms with E-state index in [-0.39, 0.29) is 6.04 Å². The Morgan fingerprint density at radius 2 is 2.05 bits per heavy atom. The summed E-state index contributed by atoms with van der Waals surface area (Å²) in [5.41, 5.74) is 7.26. The summed E-state index contributed by atoms with van der Waals surface area (Å²) in [5, 5.41) is 0. The van der Waals surface area contributed by atoms with Crippen molar-refractivity contribution in [2.24, 2.45) is 5.73 Å². The fraction of sp³-hybridized carbons (Fsp3) is 0.600. The van der Waals surface area contributed by atoms with Gasteiger partial charge in [0.15, 0.2) is 0 Å². The first-order chi connectivity index (χ1) is 9.87. The molecule has 1 fully saturated rings. The number of nitrogens with two attached hydrogens (primary N) is 1. The quantitative estimate of drug-likeness (QED) is 0.883. The number of nitrogens with zero attached hydrogens (tertiary/aromatic N) is 1. The molecule has 0 saturated carbocycles. The van der Waals surface area contributed by atoms with E-state index in [1.54, 1.807) is 10.4 Å². The van der Waals surface area contributed by atoms with Gasteiger partial charge in [0.2, 0.25) is 10.0 Å². The molecule has 6 heteroatoms. The van der Waals surface area contributed by atoms with Crippen LogP contribution in [0.5, 0.6) is 0 Å². The first-order valence-corrected chi connectivity index (χ1v) is 9.62. The van der Waals surface area contributed by atoms with Crippen LogP contribution in [0.25, 0.3) is 0 Å². The lowest BCUT2D eigenvalue weighted by atomic mass is 10.1. The van der Waals surface area contributed by atoms with E-state index in [1.165, 1.54) is 0 Å². The molecule has 1 saturated heterocycles. The fourth-order valence-electron chi connectivity index (χ4n) is 2.82. The normalized spacial score (nSPS) is 21.2. The molecule has 1 aromatic rings. The third-order valence-corrected chi connectivity index (χ3v) is 7.13. The first kappa shape index (κ1) is 16.9. The summed E-state index contributed by atoms with van der Waals surface area (Å²) >= 11 is 3.45. The van der Waals surface area contributed by atoms with Crippen molar-refractivity contribution in [1.82, 2.24) is 4.31 Å². The summed E-state index contributed by atoms with van der Waals surface area (Å²) in [6.07, 6.45) is 4.05. The van der Waals surface area contributed by atoms with E-state index in [1.807, 2.05) is 19.9 Å². The van der Waals surface area contributed by atoms with Crippen LogP contribution in [0.4, 0.5) is 0 Å². The number of halogens is 1. The second-order valence-electron chi connectivity index (χ2n) is 5.72. The van der Waals surface area contributed by atoms with Crippen molar-refractivity contribution in [2.45, 2.75) is 57.0 Å². The van der Waals surface area contributed by atoms with Crippen LogP contribution in [0, 0.1) is 6.92 Å². The SMILES string of the molecule is Cc1c(Br)cc(CN)cc1S(=O)(=O)N1CCCCCC1C. The lowest BCUT2D eigenvalue weighted by Crippen LogP contribution is -2.38. The smallest absolute Gasteiger partial charge is 0.243 e. The van der Waals surface area contributed by atoms with Gasteiger partial charge in [-0.3, -0.25) is 0 Å². The monoisotopic (exact) mass is 374 g/mol. The van der Waals surface area contributed by atoms with Crippen molar-refractivity contribution < 1.29 is 8.42 Å². The molecule has 0 amide bonds. The number of benzene rings is 1. The maximum absolute atomic E-state index is 13.1. The van der Waals surface area contributed by atoms with Gasteiger partial charge >= 0.3 is 0 Å². The Bertz CT molecular complexity index is 616. The third kappa shape index (κ3) is 3.50. The zero-order valence-electron chi connectivity index (χ0n) is 12.6. The molecule has 0 aromatic heterocycles. The Morgan fingerprint density at radius 1 is 1.33 bits per heavy atom. The molecule has 0 radical (unpaired) electrons. The Balaban J connectivity index is 2.50. The van der Waals surface area contributed by atoms with Crippen LogP contribution >= 0.6 is 15.9 Å². The molecule has 1 atom stereocenters. The van der Waals surface area contributed by atoms with Crippen molar-refractivity contribution in [3.8, 4) is 0 Å². The van der Waals surface area contributed by atoms with Gasteiger partial charge in [-0.25, -0.2) is 8.42 Å². The average Bonchev–Trinajstić information content (AvgIpc) is 2.66. The minimum Gasteiger partial charge on any atom is -0.326 e. The van der Waals surface area contributed by atoms with E-state index in [4.69, 9.17) is 5.73 Å². The molecule has 1 aliphatic heterocycles. The molecule has 0 spiro atoms. The third-order valence-electron chi connectivity index (χ3n) is 4.17. The van der Waals surface area contributed by atoms with E-state index in [9.17, 15) is 8.42 Å². The van der Waals surface area contributed by atoms with Gasteiger partial charge in [-0.1, -0.05) is 28.8 Å². The van der Waals surface area contributed by atoms with Gasteiger partial charge in [0, 0.05) is 23.6 Å². The lowest BCUT2D eigenvalue weighted by molar-refractivity contribution is 0.342. The molecule has 2 rings (SSSR count). The van der Waals surface area contributed by atoms with E-state index in [0.717, 1.165) is 41.3 Å². The maximum atomic E-state index is 13.1. The Kier molecular flexibility index (Phi) is 5.46. The molecular weight excluding hydrogens is 352 g/mol. The highest BCUT2D eigenvalue weighted by Gasteiger charge is 2.31. The molecule has 1 unspecified atom stereocenters. The zero-order valence-corrected chi connectivity index (χ0v) is 15.0. The second kappa shape index (κ2) is 6.77. The van der Waals surface area contributed by atoms with Crippen LogP contribution in [-0.4, -0.2) is 25.3 Å². The van der Waals surface area contributed by atoms with E-state index in [2.05, 4.69) is 15.9 Å². The standard InChI is InChI=1S/C15H23BrN2O2S/c1-11-6-4-3-5-7-18(11)21(19,20)15-9-13(10-17)8-14(16)12(15)2/h8-9,11H,3-7,10,17H2,1-2H3. The molecule has 0 aliphatic carbocycles. The first-order valence-electron chi connectivity index (χ1n) is 7.39. The maximum Gasteiger partial charge on any atom is 0.243 e. The molecule has 118 valence electrons. The predicted octanol–water partition coefficient (Wildman–Crippen LogP) is 3.17. The summed E-state index contributed by atoms with van der Waals surface area (Å²) in [5.74, 6) is 0. The van der Waals surface area contributed by atoms with Crippen LogP contribution in [0.1, 0.15) is 43.7 Å². The van der Waals surface area contributed by atoms with E-state index >= 15 is 0 Å². The van der Waals surface area contributed by atoms with Gasteiger partial charge in [0.25, 0.3) is 0 Å². The van der Waals surface area contributed by atoms with Crippen LogP contribution in [0.3, 0.4) is 0 Å². The summed E-state index contributed by atoms with van der Waals surface area (Å²) in [7, 11) is -3.47. The molecule has 1 aromatic carbocycles. The summed E-state index contributed by atoms with van der Waals surface area (Å²) in [6, 6.07) is 3.66. The van der Waals surface area contributed by atoms with Gasteiger partial charge < -0.3 is 5.73 Å². The highest BCUT2D eigenvalue weighted by Crippen LogP contribution is 2.30. The molecule has 21 heavy (non-hydrogen) atoms. The summed E-state index contributed by atoms with van der Waals surface area (Å²) < 4.78 is 28.6. The van der Waals surface area contributed by atoms with Crippen LogP contribution in [0.2, 0.25) is 0 Å². The van der Waals surface area contributed by atoms with Crippen molar-refractivity contribution in [3.05, 3.63) is 27.7 Å². The topological polar surface area (TPSA) is 63.4 Å². The number of hydrogen-bond donors (Lipinski definition) is 1. The number of hydrogen-bond acceptors (Lipinski definition) is 3. The molecule has 0 bridgehead atoms. The minimum atomic E-state index is -3.47. The Labute approximate surface area is 135 Å². The van der Waals surface area contributed by atoms with Gasteiger partial charge in [0.1, 0.15) is 0 Å². The lowest BCUT2D eigenvalue weighted by Gasteiger charge is -2.27. The number of rotatable bonds is 3. The van der Waals surface area contributed by atoms with Gasteiger partial charge in [0.05, 0.1) is 4.90 Å². The molecule has 2 N–H and O–H groups in total. The summed E-state index contributed by atoms with van der Waals surface area (Å²) in [6.45, 7) is 4.77. The second-order valence-corrected chi connectivity index (χ2v) is 8.43. The fourth-order valence-corrected chi connectivity index (χ4v) is 5.46. The average molecular weight is 375 g/mol. The van der Waals surface area contributed by atoms with E-state index in [0.29, 0.717) is 18.0 Å². The van der Waals surface area contributed by atoms with Crippen molar-refractivity contribution in [3.63, 3.8) is 0 Å². The van der Waals surface area contributed by atoms with E-state index < -0.39 is 10.0 Å². The van der Waals surface area contributed by atoms with Crippen molar-refractivity contribution >= 4 is 26.0 Å². The summed E-state index contributed by atoms with van der Waals surface area (Å²) in [4.78, 5) is 0.381. The molecule has 1 aliphatic rings. The molecule has 1 heterocycles. The zero-order chi connectivity index (χ0) is 15.6. The minimum absolute atomic E-state index is 0.0530. The van der Waals surface area contributed by atoms with Crippen molar-refractivity contribution in [1.29, 1.82) is 0 Å². The van der Waals surface area contributed by atoms with Crippen LogP contribution in [-0.2, 0) is 16.6 Å². The molecular formula is C15H23BrN2O2S.